The van der Waals surface area contributed by atoms with Gasteiger partial charge in [-0.15, -0.1) is 11.8 Å². The molecule has 0 spiro atoms. The molecule has 0 saturated heterocycles. The number of furan rings is 1. The predicted molar refractivity (Wildman–Crippen MR) is 95.1 cm³/mol. The number of esters is 1. The highest BCUT2D eigenvalue weighted by atomic mass is 32.2. The molecule has 134 valence electrons. The van der Waals surface area contributed by atoms with Crippen molar-refractivity contribution in [3.63, 3.8) is 0 Å². The van der Waals surface area contributed by atoms with Crippen molar-refractivity contribution < 1.29 is 18.7 Å². The molecule has 0 aromatic carbocycles. The second kappa shape index (κ2) is 8.60. The lowest BCUT2D eigenvalue weighted by atomic mass is 9.78. The molecule has 3 atom stereocenters. The minimum Gasteiger partial charge on any atom is -0.465 e. The lowest BCUT2D eigenvalue weighted by Crippen LogP contribution is -2.44. The van der Waals surface area contributed by atoms with Crippen LogP contribution in [0.5, 0.6) is 0 Å². The summed E-state index contributed by atoms with van der Waals surface area (Å²) in [5, 5.41) is 3.16. The van der Waals surface area contributed by atoms with Gasteiger partial charge in [-0.25, -0.2) is 4.79 Å². The smallest absolute Gasteiger partial charge is 0.341 e. The first-order valence-corrected chi connectivity index (χ1v) is 9.62. The van der Waals surface area contributed by atoms with E-state index in [4.69, 9.17) is 9.15 Å². The van der Waals surface area contributed by atoms with Crippen LogP contribution in [0.2, 0.25) is 0 Å². The average Bonchev–Trinajstić information content (AvgIpc) is 2.92. The fraction of sp³-hybridized carbons (Fsp3) is 0.667. The molecule has 0 unspecified atom stereocenters. The standard InChI is InChI=1S/C18H27NO4S/c1-11-6-5-7-16(12(11)2)19-17(20)10-24-9-14-8-15(13(3)23-14)18(21)22-4/h8,11-12,16H,5-7,9-10H2,1-4H3,(H,19,20)/t11-,12-,16+/m0/s1. The summed E-state index contributed by atoms with van der Waals surface area (Å²) in [7, 11) is 1.35. The molecule has 1 N–H and O–H groups in total. The fourth-order valence-corrected chi connectivity index (χ4v) is 3.92. The Morgan fingerprint density at radius 1 is 1.38 bits per heavy atom. The van der Waals surface area contributed by atoms with Gasteiger partial charge in [0.1, 0.15) is 17.1 Å². The van der Waals surface area contributed by atoms with Crippen molar-refractivity contribution in [1.29, 1.82) is 0 Å². The number of carbonyl (C=O) groups is 2. The quantitative estimate of drug-likeness (QED) is 0.792. The van der Waals surface area contributed by atoms with Crippen LogP contribution in [-0.4, -0.2) is 30.8 Å². The summed E-state index contributed by atoms with van der Waals surface area (Å²) < 4.78 is 10.3. The minimum absolute atomic E-state index is 0.0717. The lowest BCUT2D eigenvalue weighted by molar-refractivity contribution is -0.120. The van der Waals surface area contributed by atoms with Gasteiger partial charge in [0.2, 0.25) is 5.91 Å². The van der Waals surface area contributed by atoms with Crippen LogP contribution in [0.4, 0.5) is 0 Å². The van der Waals surface area contributed by atoms with Crippen LogP contribution >= 0.6 is 11.8 Å². The highest BCUT2D eigenvalue weighted by Gasteiger charge is 2.28. The molecule has 6 heteroatoms. The molecule has 24 heavy (non-hydrogen) atoms. The van der Waals surface area contributed by atoms with Gasteiger partial charge in [-0.05, 0) is 31.2 Å². The van der Waals surface area contributed by atoms with Crippen LogP contribution in [0.15, 0.2) is 10.5 Å². The Kier molecular flexibility index (Phi) is 6.78. The topological polar surface area (TPSA) is 68.5 Å². The molecule has 1 heterocycles. The number of nitrogens with one attached hydrogen (secondary N) is 1. The number of hydrogen-bond donors (Lipinski definition) is 1. The number of carbonyl (C=O) groups excluding carboxylic acids is 2. The summed E-state index contributed by atoms with van der Waals surface area (Å²) in [6.45, 7) is 6.22. The van der Waals surface area contributed by atoms with E-state index in [0.29, 0.717) is 46.5 Å². The largest absolute Gasteiger partial charge is 0.465 e. The van der Waals surface area contributed by atoms with Gasteiger partial charge < -0.3 is 14.5 Å². The molecular weight excluding hydrogens is 326 g/mol. The van der Waals surface area contributed by atoms with Crippen LogP contribution in [0, 0.1) is 18.8 Å². The van der Waals surface area contributed by atoms with Crippen molar-refractivity contribution in [2.45, 2.75) is 51.8 Å². The summed E-state index contributed by atoms with van der Waals surface area (Å²) >= 11 is 1.49. The zero-order chi connectivity index (χ0) is 17.7. The first-order chi connectivity index (χ1) is 11.4. The molecular formula is C18H27NO4S. The number of thioether (sulfide) groups is 1. The zero-order valence-corrected chi connectivity index (χ0v) is 15.7. The normalized spacial score (nSPS) is 23.8. The van der Waals surface area contributed by atoms with E-state index >= 15 is 0 Å². The van der Waals surface area contributed by atoms with Gasteiger partial charge >= 0.3 is 5.97 Å². The van der Waals surface area contributed by atoms with Crippen LogP contribution in [0.1, 0.15) is 55.0 Å². The third-order valence-corrected chi connectivity index (χ3v) is 5.86. The maximum Gasteiger partial charge on any atom is 0.341 e. The first-order valence-electron chi connectivity index (χ1n) is 8.47. The zero-order valence-electron chi connectivity index (χ0n) is 14.9. The van der Waals surface area contributed by atoms with Crippen molar-refractivity contribution >= 4 is 23.6 Å². The van der Waals surface area contributed by atoms with E-state index in [9.17, 15) is 9.59 Å². The van der Waals surface area contributed by atoms with Gasteiger partial charge in [0, 0.05) is 6.04 Å². The summed E-state index contributed by atoms with van der Waals surface area (Å²) in [5.74, 6) is 3.06. The van der Waals surface area contributed by atoms with E-state index < -0.39 is 5.97 Å². The molecule has 5 nitrogen and oxygen atoms in total. The summed E-state index contributed by atoms with van der Waals surface area (Å²) in [6, 6.07) is 1.98. The monoisotopic (exact) mass is 353 g/mol. The van der Waals surface area contributed by atoms with Crippen molar-refractivity contribution in [1.82, 2.24) is 5.32 Å². The Morgan fingerprint density at radius 2 is 2.12 bits per heavy atom. The first kappa shape index (κ1) is 18.9. The van der Waals surface area contributed by atoms with Crippen molar-refractivity contribution in [3.8, 4) is 0 Å². The maximum absolute atomic E-state index is 12.1. The molecule has 1 fully saturated rings. The third kappa shape index (κ3) is 4.79. The highest BCUT2D eigenvalue weighted by molar-refractivity contribution is 7.99. The molecule has 0 bridgehead atoms. The van der Waals surface area contributed by atoms with Gasteiger partial charge in [0.15, 0.2) is 0 Å². The second-order valence-corrected chi connectivity index (χ2v) is 7.59. The Hall–Kier alpha value is -1.43. The van der Waals surface area contributed by atoms with Crippen LogP contribution < -0.4 is 5.32 Å². The molecule has 1 aliphatic rings. The number of methoxy groups -OCH3 is 1. The van der Waals surface area contributed by atoms with Crippen LogP contribution in [-0.2, 0) is 15.3 Å². The molecule has 2 rings (SSSR count). The molecule has 0 radical (unpaired) electrons. The van der Waals surface area contributed by atoms with Crippen molar-refractivity contribution in [2.75, 3.05) is 12.9 Å². The number of rotatable bonds is 6. The number of amides is 1. The Labute approximate surface area is 147 Å². The van der Waals surface area contributed by atoms with Crippen molar-refractivity contribution in [2.24, 2.45) is 11.8 Å². The predicted octanol–water partition coefficient (Wildman–Crippen LogP) is 3.55. The van der Waals surface area contributed by atoms with Gasteiger partial charge in [-0.3, -0.25) is 4.79 Å². The Morgan fingerprint density at radius 3 is 2.83 bits per heavy atom. The van der Waals surface area contributed by atoms with E-state index in [1.54, 1.807) is 13.0 Å². The van der Waals surface area contributed by atoms with Gasteiger partial charge in [0.05, 0.1) is 18.6 Å². The fourth-order valence-electron chi connectivity index (χ4n) is 3.21. The van der Waals surface area contributed by atoms with Gasteiger partial charge in [0.25, 0.3) is 0 Å². The van der Waals surface area contributed by atoms with Gasteiger partial charge in [-0.1, -0.05) is 26.7 Å². The summed E-state index contributed by atoms with van der Waals surface area (Å²) in [5.41, 5.74) is 0.447. The van der Waals surface area contributed by atoms with Crippen LogP contribution in [0.25, 0.3) is 0 Å². The average molecular weight is 353 g/mol. The highest BCUT2D eigenvalue weighted by Crippen LogP contribution is 2.29. The Bertz CT molecular complexity index is 584. The number of ether oxygens (including phenoxy) is 1. The molecule has 1 saturated carbocycles. The number of hydrogen-bond acceptors (Lipinski definition) is 5. The van der Waals surface area contributed by atoms with E-state index in [1.807, 2.05) is 0 Å². The molecule has 1 amide bonds. The van der Waals surface area contributed by atoms with Crippen LogP contribution in [0.3, 0.4) is 0 Å². The third-order valence-electron chi connectivity index (χ3n) is 4.90. The van der Waals surface area contributed by atoms with E-state index in [1.165, 1.54) is 31.7 Å². The van der Waals surface area contributed by atoms with E-state index in [2.05, 4.69) is 19.2 Å². The maximum atomic E-state index is 12.1. The molecule has 1 aliphatic carbocycles. The number of aryl methyl sites for hydroxylation is 1. The lowest BCUT2D eigenvalue weighted by Gasteiger charge is -2.34. The van der Waals surface area contributed by atoms with E-state index in [-0.39, 0.29) is 5.91 Å². The molecule has 1 aromatic heterocycles. The second-order valence-electron chi connectivity index (χ2n) is 6.61. The minimum atomic E-state index is -0.398. The van der Waals surface area contributed by atoms with Crippen molar-refractivity contribution in [3.05, 3.63) is 23.2 Å². The van der Waals surface area contributed by atoms with Gasteiger partial charge in [-0.2, -0.15) is 0 Å². The Balaban J connectivity index is 1.77. The SMILES string of the molecule is COC(=O)c1cc(CSCC(=O)N[C@@H]2CCC[C@H](C)[C@@H]2C)oc1C. The summed E-state index contributed by atoms with van der Waals surface area (Å²) in [4.78, 5) is 23.7. The molecule has 0 aliphatic heterocycles. The molecule has 1 aromatic rings. The van der Waals surface area contributed by atoms with E-state index in [0.717, 1.165) is 6.42 Å². The summed E-state index contributed by atoms with van der Waals surface area (Å²) in [6.07, 6.45) is 3.51.